The van der Waals surface area contributed by atoms with Crippen molar-refractivity contribution in [3.8, 4) is 5.75 Å². The third-order valence-electron chi connectivity index (χ3n) is 4.99. The van der Waals surface area contributed by atoms with Crippen molar-refractivity contribution in [2.24, 2.45) is 0 Å². The number of nitrogens with one attached hydrogen (secondary N) is 1. The highest BCUT2D eigenvalue weighted by Crippen LogP contribution is 2.26. The quantitative estimate of drug-likeness (QED) is 0.387. The lowest BCUT2D eigenvalue weighted by Gasteiger charge is -2.09. The molecule has 0 atom stereocenters. The lowest BCUT2D eigenvalue weighted by molar-refractivity contribution is 0.302. The van der Waals surface area contributed by atoms with Crippen LogP contribution in [0.5, 0.6) is 5.75 Å². The molecule has 0 amide bonds. The predicted molar refractivity (Wildman–Crippen MR) is 123 cm³/mol. The molecule has 3 aromatic carbocycles. The Balaban J connectivity index is 1.37. The largest absolute Gasteiger partial charge is 0.487 e. The summed E-state index contributed by atoms with van der Waals surface area (Å²) in [7, 11) is 0. The van der Waals surface area contributed by atoms with Gasteiger partial charge in [0, 0.05) is 11.0 Å². The number of ether oxygens (including phenoxy) is 1. The molecule has 6 heteroatoms. The van der Waals surface area contributed by atoms with Crippen LogP contribution in [0.4, 0.5) is 0 Å². The van der Waals surface area contributed by atoms with Gasteiger partial charge in [-0.15, -0.1) is 5.10 Å². The van der Waals surface area contributed by atoms with Gasteiger partial charge in [0.1, 0.15) is 12.4 Å². The molecule has 0 aliphatic carbocycles. The Labute approximate surface area is 183 Å². The molecule has 0 saturated carbocycles. The molecule has 5 aromatic rings. The lowest BCUT2D eigenvalue weighted by Crippen LogP contribution is -1.98. The van der Waals surface area contributed by atoms with E-state index in [0.717, 1.165) is 27.7 Å². The molecular formula is C26H19N3O3. The number of aromatic amines is 1. The van der Waals surface area contributed by atoms with Crippen molar-refractivity contribution < 1.29 is 9.15 Å². The van der Waals surface area contributed by atoms with Crippen molar-refractivity contribution in [2.45, 2.75) is 6.61 Å². The fourth-order valence-corrected chi connectivity index (χ4v) is 3.41. The normalized spacial score (nSPS) is 11.6. The SMILES string of the molecule is O=c1[nH]nc(/C(=C/c2ccccc2)c2ccc(OCc3ccc4ccccc4n3)cc2)o1. The molecule has 0 radical (unpaired) electrons. The maximum Gasteiger partial charge on any atom is 0.434 e. The van der Waals surface area contributed by atoms with E-state index in [4.69, 9.17) is 9.15 Å². The van der Waals surface area contributed by atoms with Crippen LogP contribution in [0, 0.1) is 0 Å². The second-order valence-corrected chi connectivity index (χ2v) is 7.20. The third-order valence-corrected chi connectivity index (χ3v) is 4.99. The average Bonchev–Trinajstić information content (AvgIpc) is 3.28. The highest BCUT2D eigenvalue weighted by atomic mass is 16.5. The van der Waals surface area contributed by atoms with Crippen LogP contribution >= 0.6 is 0 Å². The summed E-state index contributed by atoms with van der Waals surface area (Å²) in [6, 6.07) is 29.4. The molecular weight excluding hydrogens is 402 g/mol. The monoisotopic (exact) mass is 421 g/mol. The van der Waals surface area contributed by atoms with Gasteiger partial charge in [0.2, 0.25) is 5.89 Å². The summed E-state index contributed by atoms with van der Waals surface area (Å²) in [6.45, 7) is 0.366. The molecule has 2 aromatic heterocycles. The average molecular weight is 421 g/mol. The first-order valence-electron chi connectivity index (χ1n) is 10.2. The number of para-hydroxylation sites is 1. The standard InChI is InChI=1S/C26H19N3O3/c30-26-29-28-25(32-26)23(16-18-6-2-1-3-7-18)19-11-14-22(15-12-19)31-17-21-13-10-20-8-4-5-9-24(20)27-21/h1-16H,17H2,(H,29,30)/b23-16+. The molecule has 0 unspecified atom stereocenters. The van der Waals surface area contributed by atoms with Crippen LogP contribution in [0.15, 0.2) is 100 Å². The molecule has 0 bridgehead atoms. The van der Waals surface area contributed by atoms with E-state index in [-0.39, 0.29) is 5.89 Å². The fourth-order valence-electron chi connectivity index (χ4n) is 3.41. The van der Waals surface area contributed by atoms with Crippen molar-refractivity contribution in [1.82, 2.24) is 15.2 Å². The van der Waals surface area contributed by atoms with E-state index in [1.165, 1.54) is 0 Å². The predicted octanol–water partition coefficient (Wildman–Crippen LogP) is 5.08. The van der Waals surface area contributed by atoms with Gasteiger partial charge < -0.3 is 9.15 Å². The summed E-state index contributed by atoms with van der Waals surface area (Å²) < 4.78 is 11.1. The Morgan fingerprint density at radius 1 is 0.906 bits per heavy atom. The number of nitrogens with zero attached hydrogens (tertiary/aromatic N) is 2. The smallest absolute Gasteiger partial charge is 0.434 e. The van der Waals surface area contributed by atoms with Crippen LogP contribution in [0.1, 0.15) is 22.7 Å². The van der Waals surface area contributed by atoms with E-state index in [0.29, 0.717) is 17.9 Å². The lowest BCUT2D eigenvalue weighted by atomic mass is 10.0. The zero-order valence-electron chi connectivity index (χ0n) is 17.1. The summed E-state index contributed by atoms with van der Waals surface area (Å²) in [4.78, 5) is 16.1. The highest BCUT2D eigenvalue weighted by Gasteiger charge is 2.12. The summed E-state index contributed by atoms with van der Waals surface area (Å²) in [6.07, 6.45) is 1.92. The van der Waals surface area contributed by atoms with Crippen LogP contribution in [-0.4, -0.2) is 15.2 Å². The number of fused-ring (bicyclic) bond motifs is 1. The Kier molecular flexibility index (Phi) is 5.32. The zero-order valence-corrected chi connectivity index (χ0v) is 17.1. The number of aromatic nitrogens is 3. The van der Waals surface area contributed by atoms with E-state index in [1.54, 1.807) is 0 Å². The first kappa shape index (κ1) is 19.5. The fraction of sp³-hybridized carbons (Fsp3) is 0.0385. The van der Waals surface area contributed by atoms with Crippen LogP contribution in [0.25, 0.3) is 22.6 Å². The molecule has 6 nitrogen and oxygen atoms in total. The Bertz CT molecular complexity index is 1430. The van der Waals surface area contributed by atoms with Crippen LogP contribution in [-0.2, 0) is 6.61 Å². The van der Waals surface area contributed by atoms with Crippen molar-refractivity contribution in [2.75, 3.05) is 0 Å². The zero-order chi connectivity index (χ0) is 21.8. The van der Waals surface area contributed by atoms with Crippen LogP contribution < -0.4 is 10.5 Å². The number of rotatable bonds is 6. The number of H-pyrrole nitrogens is 1. The van der Waals surface area contributed by atoms with Crippen molar-refractivity contribution in [1.29, 1.82) is 0 Å². The minimum absolute atomic E-state index is 0.230. The van der Waals surface area contributed by atoms with E-state index in [9.17, 15) is 4.79 Å². The topological polar surface area (TPSA) is 81.0 Å². The maximum absolute atomic E-state index is 11.5. The van der Waals surface area contributed by atoms with Gasteiger partial charge in [0.05, 0.1) is 11.2 Å². The highest BCUT2D eigenvalue weighted by molar-refractivity contribution is 5.88. The molecule has 5 rings (SSSR count). The van der Waals surface area contributed by atoms with Crippen LogP contribution in [0.3, 0.4) is 0 Å². The molecule has 0 spiro atoms. The minimum Gasteiger partial charge on any atom is -0.487 e. The van der Waals surface area contributed by atoms with E-state index < -0.39 is 5.76 Å². The number of benzene rings is 3. The molecule has 0 saturated heterocycles. The van der Waals surface area contributed by atoms with E-state index >= 15 is 0 Å². The Hall–Kier alpha value is -4.45. The second kappa shape index (κ2) is 8.73. The third kappa shape index (κ3) is 4.34. The maximum atomic E-state index is 11.5. The van der Waals surface area contributed by atoms with E-state index in [2.05, 4.69) is 15.2 Å². The Morgan fingerprint density at radius 2 is 1.69 bits per heavy atom. The summed E-state index contributed by atoms with van der Waals surface area (Å²) in [5.41, 5.74) is 4.31. The van der Waals surface area contributed by atoms with Gasteiger partial charge in [0.25, 0.3) is 0 Å². The van der Waals surface area contributed by atoms with Gasteiger partial charge in [-0.1, -0.05) is 66.7 Å². The van der Waals surface area contributed by atoms with Gasteiger partial charge in [0.15, 0.2) is 0 Å². The number of hydrogen-bond donors (Lipinski definition) is 1. The summed E-state index contributed by atoms with van der Waals surface area (Å²) in [5.74, 6) is 0.348. The van der Waals surface area contributed by atoms with Gasteiger partial charge in [-0.25, -0.2) is 14.9 Å². The molecule has 32 heavy (non-hydrogen) atoms. The Morgan fingerprint density at radius 3 is 2.47 bits per heavy atom. The summed E-state index contributed by atoms with van der Waals surface area (Å²) in [5, 5.41) is 7.42. The second-order valence-electron chi connectivity index (χ2n) is 7.20. The molecule has 0 aliphatic rings. The summed E-state index contributed by atoms with van der Waals surface area (Å²) >= 11 is 0. The van der Waals surface area contributed by atoms with Crippen molar-refractivity contribution in [3.05, 3.63) is 124 Å². The first-order valence-corrected chi connectivity index (χ1v) is 10.2. The van der Waals surface area contributed by atoms with Gasteiger partial charge in [-0.05, 0) is 41.5 Å². The van der Waals surface area contributed by atoms with Gasteiger partial charge in [-0.2, -0.15) is 0 Å². The number of hydrogen-bond acceptors (Lipinski definition) is 5. The molecule has 0 aliphatic heterocycles. The van der Waals surface area contributed by atoms with Crippen LogP contribution in [0.2, 0.25) is 0 Å². The molecule has 156 valence electrons. The minimum atomic E-state index is -0.596. The van der Waals surface area contributed by atoms with Crippen molar-refractivity contribution in [3.63, 3.8) is 0 Å². The number of pyridine rings is 1. The van der Waals surface area contributed by atoms with Gasteiger partial charge in [-0.3, -0.25) is 0 Å². The van der Waals surface area contributed by atoms with Gasteiger partial charge >= 0.3 is 5.76 Å². The first-order chi connectivity index (χ1) is 15.7. The molecule has 0 fully saturated rings. The molecule has 2 heterocycles. The molecule has 1 N–H and O–H groups in total. The van der Waals surface area contributed by atoms with Crippen molar-refractivity contribution >= 4 is 22.6 Å². The van der Waals surface area contributed by atoms with E-state index in [1.807, 2.05) is 97.1 Å².